The van der Waals surface area contributed by atoms with E-state index in [2.05, 4.69) is 19.8 Å². The molecule has 1 aromatic carbocycles. The van der Waals surface area contributed by atoms with Gasteiger partial charge in [-0.05, 0) is 30.2 Å². The van der Waals surface area contributed by atoms with Crippen molar-refractivity contribution in [3.8, 4) is 16.9 Å². The molecule has 154 valence electrons. The van der Waals surface area contributed by atoms with E-state index in [1.165, 1.54) is 6.07 Å². The molecule has 4 aromatic rings. The SMILES string of the molecule is [C-]#[N+]c1cn2c(CCc3c(F)ccc4c3CCO4)ncc(-c3cccnc3CO)c2n1. The van der Waals surface area contributed by atoms with E-state index in [1.54, 1.807) is 35.1 Å². The van der Waals surface area contributed by atoms with Crippen LogP contribution in [0, 0.1) is 12.4 Å². The normalized spacial score (nSPS) is 12.5. The van der Waals surface area contributed by atoms with Gasteiger partial charge in [-0.25, -0.2) is 9.37 Å². The lowest BCUT2D eigenvalue weighted by molar-refractivity contribution is 0.277. The van der Waals surface area contributed by atoms with Crippen molar-refractivity contribution in [3.05, 3.63) is 82.7 Å². The van der Waals surface area contributed by atoms with E-state index in [0.717, 1.165) is 11.3 Å². The molecule has 0 saturated carbocycles. The molecule has 0 unspecified atom stereocenters. The lowest BCUT2D eigenvalue weighted by Gasteiger charge is -2.11. The van der Waals surface area contributed by atoms with E-state index in [-0.39, 0.29) is 18.2 Å². The number of nitrogens with zero attached hydrogens (tertiary/aromatic N) is 5. The Hall–Kier alpha value is -3.83. The molecule has 0 fully saturated rings. The summed E-state index contributed by atoms with van der Waals surface area (Å²) in [5.41, 5.74) is 4.02. The molecule has 7 nitrogen and oxygen atoms in total. The third-order valence-corrected chi connectivity index (χ3v) is 5.54. The van der Waals surface area contributed by atoms with Crippen molar-refractivity contribution in [1.82, 2.24) is 19.4 Å². The average molecular weight is 415 g/mol. The highest BCUT2D eigenvalue weighted by atomic mass is 19.1. The highest BCUT2D eigenvalue weighted by Crippen LogP contribution is 2.32. The largest absolute Gasteiger partial charge is 0.493 e. The first-order valence-corrected chi connectivity index (χ1v) is 9.92. The van der Waals surface area contributed by atoms with Gasteiger partial charge in [-0.2, -0.15) is 0 Å². The molecule has 1 aliphatic heterocycles. The van der Waals surface area contributed by atoms with Gasteiger partial charge in [0.25, 0.3) is 5.82 Å². The number of aliphatic hydroxyl groups excluding tert-OH is 1. The van der Waals surface area contributed by atoms with E-state index in [9.17, 15) is 9.50 Å². The molecule has 0 bridgehead atoms. The number of pyridine rings is 1. The number of imidazole rings is 1. The zero-order valence-electron chi connectivity index (χ0n) is 16.5. The molecule has 8 heteroatoms. The average Bonchev–Trinajstić information content (AvgIpc) is 3.45. The molecule has 3 aromatic heterocycles. The van der Waals surface area contributed by atoms with Crippen LogP contribution in [-0.4, -0.2) is 31.1 Å². The molecule has 1 aliphatic rings. The summed E-state index contributed by atoms with van der Waals surface area (Å²) >= 11 is 0. The minimum absolute atomic E-state index is 0.221. The van der Waals surface area contributed by atoms with Crippen molar-refractivity contribution in [2.45, 2.75) is 25.9 Å². The molecule has 31 heavy (non-hydrogen) atoms. The minimum atomic E-state index is -0.243. The van der Waals surface area contributed by atoms with Crippen molar-refractivity contribution in [2.24, 2.45) is 0 Å². The Labute approximate surface area is 177 Å². The summed E-state index contributed by atoms with van der Waals surface area (Å²) in [7, 11) is 0. The number of rotatable bonds is 5. The fourth-order valence-electron chi connectivity index (χ4n) is 4.07. The predicted molar refractivity (Wildman–Crippen MR) is 111 cm³/mol. The van der Waals surface area contributed by atoms with Crippen molar-refractivity contribution >= 4 is 11.5 Å². The Kier molecular flexibility index (Phi) is 4.81. The third-order valence-electron chi connectivity index (χ3n) is 5.54. The number of aromatic nitrogens is 4. The van der Waals surface area contributed by atoms with Crippen LogP contribution in [0.3, 0.4) is 0 Å². The Bertz CT molecular complexity index is 1340. The molecule has 0 amide bonds. The fourth-order valence-corrected chi connectivity index (χ4v) is 4.07. The van der Waals surface area contributed by atoms with E-state index in [1.807, 2.05) is 6.07 Å². The molecule has 0 atom stereocenters. The van der Waals surface area contributed by atoms with Crippen molar-refractivity contribution < 1.29 is 14.2 Å². The summed E-state index contributed by atoms with van der Waals surface area (Å²) in [6, 6.07) is 6.73. The van der Waals surface area contributed by atoms with Gasteiger partial charge in [-0.15, -0.1) is 0 Å². The van der Waals surface area contributed by atoms with Gasteiger partial charge in [-0.3, -0.25) is 9.38 Å². The fraction of sp³-hybridized carbons (Fsp3) is 0.217. The van der Waals surface area contributed by atoms with Crippen molar-refractivity contribution in [2.75, 3.05) is 6.61 Å². The number of aryl methyl sites for hydroxylation is 1. The zero-order valence-corrected chi connectivity index (χ0v) is 16.5. The molecule has 0 aliphatic carbocycles. The van der Waals surface area contributed by atoms with E-state index >= 15 is 0 Å². The molecular weight excluding hydrogens is 397 g/mol. The second-order valence-corrected chi connectivity index (χ2v) is 7.25. The Morgan fingerprint density at radius 3 is 2.94 bits per heavy atom. The second kappa shape index (κ2) is 7.78. The first kappa shape index (κ1) is 19.2. The van der Waals surface area contributed by atoms with Crippen LogP contribution in [0.5, 0.6) is 5.75 Å². The molecule has 0 spiro atoms. The molecule has 5 rings (SSSR count). The quantitative estimate of drug-likeness (QED) is 0.503. The van der Waals surface area contributed by atoms with Gasteiger partial charge in [-0.1, -0.05) is 17.6 Å². The van der Waals surface area contributed by atoms with Crippen LogP contribution in [0.4, 0.5) is 10.2 Å². The van der Waals surface area contributed by atoms with Crippen molar-refractivity contribution in [3.63, 3.8) is 0 Å². The van der Waals surface area contributed by atoms with Gasteiger partial charge in [0.15, 0.2) is 0 Å². The van der Waals surface area contributed by atoms with E-state index in [4.69, 9.17) is 11.3 Å². The topological polar surface area (TPSA) is 76.9 Å². The van der Waals surface area contributed by atoms with Gasteiger partial charge in [0.2, 0.25) is 5.65 Å². The second-order valence-electron chi connectivity index (χ2n) is 7.25. The highest BCUT2D eigenvalue weighted by Gasteiger charge is 2.21. The van der Waals surface area contributed by atoms with Crippen LogP contribution >= 0.6 is 0 Å². The summed E-state index contributed by atoms with van der Waals surface area (Å²) in [5, 5.41) is 9.67. The number of hydrogen-bond acceptors (Lipinski definition) is 5. The standard InChI is InChI=1S/C23H18FN5O2/c1-25-21-12-29-22(7-4-14-16-8-10-31-20(16)6-5-18(14)24)27-11-17(23(29)28-21)15-3-2-9-26-19(15)13-30/h2-3,5-6,9,11-12,30H,4,7-8,10,13H2. The maximum absolute atomic E-state index is 14.5. The highest BCUT2D eigenvalue weighted by molar-refractivity contribution is 5.79. The number of aliphatic hydroxyl groups is 1. The molecule has 1 N–H and O–H groups in total. The number of ether oxygens (including phenoxy) is 1. The monoisotopic (exact) mass is 415 g/mol. The van der Waals surface area contributed by atoms with Crippen LogP contribution < -0.4 is 4.74 Å². The summed E-state index contributed by atoms with van der Waals surface area (Å²) < 4.78 is 21.9. The van der Waals surface area contributed by atoms with Crippen LogP contribution in [0.15, 0.2) is 42.9 Å². The van der Waals surface area contributed by atoms with Gasteiger partial charge in [0.05, 0.1) is 24.5 Å². The maximum atomic E-state index is 14.5. The third kappa shape index (κ3) is 3.29. The van der Waals surface area contributed by atoms with Gasteiger partial charge >= 0.3 is 0 Å². The molecule has 0 radical (unpaired) electrons. The van der Waals surface area contributed by atoms with Crippen LogP contribution in [0.1, 0.15) is 22.6 Å². The van der Waals surface area contributed by atoms with Gasteiger partial charge in [0, 0.05) is 42.6 Å². The first-order chi connectivity index (χ1) is 15.2. The van der Waals surface area contributed by atoms with Gasteiger partial charge < -0.3 is 14.7 Å². The smallest absolute Gasteiger partial charge is 0.288 e. The number of hydrogen-bond donors (Lipinski definition) is 1. The maximum Gasteiger partial charge on any atom is 0.288 e. The van der Waals surface area contributed by atoms with Gasteiger partial charge in [0.1, 0.15) is 17.4 Å². The number of halogens is 1. The summed E-state index contributed by atoms with van der Waals surface area (Å²) in [6.45, 7) is 7.71. The van der Waals surface area contributed by atoms with E-state index in [0.29, 0.717) is 59.7 Å². The first-order valence-electron chi connectivity index (χ1n) is 9.92. The van der Waals surface area contributed by atoms with Crippen molar-refractivity contribution in [1.29, 1.82) is 0 Å². The Morgan fingerprint density at radius 2 is 2.10 bits per heavy atom. The Balaban J connectivity index is 1.57. The number of benzene rings is 1. The van der Waals surface area contributed by atoms with Crippen LogP contribution in [-0.2, 0) is 25.9 Å². The zero-order chi connectivity index (χ0) is 21.4. The number of fused-ring (bicyclic) bond motifs is 2. The summed E-state index contributed by atoms with van der Waals surface area (Å²) in [4.78, 5) is 16.7. The summed E-state index contributed by atoms with van der Waals surface area (Å²) in [5.74, 6) is 1.42. The van der Waals surface area contributed by atoms with E-state index < -0.39 is 0 Å². The minimum Gasteiger partial charge on any atom is -0.493 e. The van der Waals surface area contributed by atoms with Crippen LogP contribution in [0.25, 0.3) is 21.6 Å². The lowest BCUT2D eigenvalue weighted by Crippen LogP contribution is -2.06. The Morgan fingerprint density at radius 1 is 1.19 bits per heavy atom. The predicted octanol–water partition coefficient (Wildman–Crippen LogP) is 3.69. The molecule has 0 saturated heterocycles. The lowest BCUT2D eigenvalue weighted by atomic mass is 10.00. The summed E-state index contributed by atoms with van der Waals surface area (Å²) in [6.07, 6.45) is 6.55. The molecular formula is C23H18FN5O2. The molecule has 4 heterocycles. The van der Waals surface area contributed by atoms with Crippen LogP contribution in [0.2, 0.25) is 0 Å².